The topological polar surface area (TPSA) is 67.3 Å². The van der Waals surface area contributed by atoms with Gasteiger partial charge in [-0.2, -0.15) is 0 Å². The molecule has 1 atom stereocenters. The molecular formula is C20H14F3NO3S. The third kappa shape index (κ3) is 4.64. The third-order valence-corrected chi connectivity index (χ3v) is 5.04. The molecule has 1 heterocycles. The van der Waals surface area contributed by atoms with E-state index in [1.54, 1.807) is 17.5 Å². The summed E-state index contributed by atoms with van der Waals surface area (Å²) in [6.45, 7) is 0. The van der Waals surface area contributed by atoms with Crippen LogP contribution in [-0.2, 0) is 16.0 Å². The number of halogens is 3. The molecule has 0 fully saturated rings. The maximum Gasteiger partial charge on any atom is 0.311 e. The molecule has 28 heavy (non-hydrogen) atoms. The number of aromatic nitrogens is 1. The number of rotatable bonds is 7. The van der Waals surface area contributed by atoms with Gasteiger partial charge in [0, 0.05) is 23.8 Å². The number of carbonyl (C=O) groups is 2. The molecule has 1 aromatic heterocycles. The van der Waals surface area contributed by atoms with Crippen molar-refractivity contribution in [3.8, 4) is 10.6 Å². The van der Waals surface area contributed by atoms with Gasteiger partial charge in [0.2, 0.25) is 0 Å². The van der Waals surface area contributed by atoms with Gasteiger partial charge in [0.05, 0.1) is 11.6 Å². The zero-order valence-electron chi connectivity index (χ0n) is 14.4. The Balaban J connectivity index is 1.70. The van der Waals surface area contributed by atoms with Crippen LogP contribution in [0.1, 0.15) is 23.6 Å². The molecule has 0 aliphatic rings. The Morgan fingerprint density at radius 2 is 1.75 bits per heavy atom. The van der Waals surface area contributed by atoms with E-state index in [0.29, 0.717) is 16.3 Å². The molecule has 0 aliphatic carbocycles. The molecule has 1 N–H and O–H groups in total. The molecular weight excluding hydrogens is 391 g/mol. The second-order valence-corrected chi connectivity index (χ2v) is 6.99. The molecule has 0 aliphatic heterocycles. The summed E-state index contributed by atoms with van der Waals surface area (Å²) in [6, 6.07) is 8.53. The summed E-state index contributed by atoms with van der Waals surface area (Å²) in [6.07, 6.45) is -0.463. The van der Waals surface area contributed by atoms with Crippen molar-refractivity contribution in [3.63, 3.8) is 0 Å². The Hall–Kier alpha value is -3.00. The van der Waals surface area contributed by atoms with Crippen LogP contribution in [0.4, 0.5) is 13.2 Å². The van der Waals surface area contributed by atoms with E-state index in [4.69, 9.17) is 0 Å². The fraction of sp³-hybridized carbons (Fsp3) is 0.150. The summed E-state index contributed by atoms with van der Waals surface area (Å²) in [5.41, 5.74) is 1.18. The average Bonchev–Trinajstić information content (AvgIpc) is 3.11. The first-order chi connectivity index (χ1) is 13.3. The summed E-state index contributed by atoms with van der Waals surface area (Å²) in [7, 11) is 0. The lowest BCUT2D eigenvalue weighted by molar-refractivity contribution is -0.140. The number of aliphatic carboxylic acids is 1. The van der Waals surface area contributed by atoms with Gasteiger partial charge in [-0.15, -0.1) is 11.3 Å². The third-order valence-electron chi connectivity index (χ3n) is 4.10. The molecule has 3 rings (SSSR count). The molecule has 0 saturated carbocycles. The first-order valence-corrected chi connectivity index (χ1v) is 9.11. The van der Waals surface area contributed by atoms with E-state index in [1.165, 1.54) is 23.5 Å². The maximum atomic E-state index is 13.4. The fourth-order valence-electron chi connectivity index (χ4n) is 2.69. The molecule has 1 unspecified atom stereocenters. The molecule has 0 bridgehead atoms. The quantitative estimate of drug-likeness (QED) is 0.624. The first-order valence-electron chi connectivity index (χ1n) is 8.23. The smallest absolute Gasteiger partial charge is 0.311 e. The summed E-state index contributed by atoms with van der Waals surface area (Å²) >= 11 is 1.28. The van der Waals surface area contributed by atoms with Crippen LogP contribution in [0.2, 0.25) is 0 Å². The van der Waals surface area contributed by atoms with Crippen LogP contribution in [0.3, 0.4) is 0 Å². The first kappa shape index (κ1) is 19.8. The van der Waals surface area contributed by atoms with Gasteiger partial charge in [-0.3, -0.25) is 9.59 Å². The normalized spacial score (nSPS) is 12.0. The van der Waals surface area contributed by atoms with Crippen LogP contribution in [0.25, 0.3) is 10.6 Å². The van der Waals surface area contributed by atoms with Crippen LogP contribution in [0.15, 0.2) is 47.8 Å². The molecule has 0 amide bonds. The monoisotopic (exact) mass is 405 g/mol. The van der Waals surface area contributed by atoms with Crippen LogP contribution < -0.4 is 0 Å². The number of carboxylic acid groups (broad SMARTS) is 1. The zero-order chi connectivity index (χ0) is 20.3. The lowest BCUT2D eigenvalue weighted by Crippen LogP contribution is -2.18. The van der Waals surface area contributed by atoms with E-state index < -0.39 is 29.3 Å². The molecule has 144 valence electrons. The van der Waals surface area contributed by atoms with Crippen LogP contribution in [0.5, 0.6) is 0 Å². The predicted molar refractivity (Wildman–Crippen MR) is 97.6 cm³/mol. The molecule has 0 spiro atoms. The Labute approximate surface area is 162 Å². The van der Waals surface area contributed by atoms with E-state index in [0.717, 1.165) is 18.2 Å². The van der Waals surface area contributed by atoms with Gasteiger partial charge in [0.25, 0.3) is 0 Å². The van der Waals surface area contributed by atoms with Crippen molar-refractivity contribution < 1.29 is 27.9 Å². The minimum atomic E-state index is -1.30. The summed E-state index contributed by atoms with van der Waals surface area (Å²) in [5.74, 6) is -5.60. The highest BCUT2D eigenvalue weighted by Crippen LogP contribution is 2.26. The maximum absolute atomic E-state index is 13.4. The Morgan fingerprint density at radius 1 is 1.04 bits per heavy atom. The van der Waals surface area contributed by atoms with Crippen LogP contribution in [0, 0.1) is 17.5 Å². The molecule has 3 aromatic rings. The van der Waals surface area contributed by atoms with Gasteiger partial charge in [0.15, 0.2) is 11.6 Å². The average molecular weight is 405 g/mol. The van der Waals surface area contributed by atoms with Crippen LogP contribution in [-0.4, -0.2) is 21.8 Å². The number of hydrogen-bond acceptors (Lipinski definition) is 4. The van der Waals surface area contributed by atoms with Gasteiger partial charge >= 0.3 is 5.97 Å². The minimum absolute atomic E-state index is 0.0185. The number of hydrogen-bond donors (Lipinski definition) is 1. The molecule has 4 nitrogen and oxygen atoms in total. The summed E-state index contributed by atoms with van der Waals surface area (Å²) in [4.78, 5) is 28.1. The molecule has 8 heteroatoms. The van der Waals surface area contributed by atoms with Gasteiger partial charge in [-0.05, 0) is 42.0 Å². The van der Waals surface area contributed by atoms with Gasteiger partial charge in [-0.25, -0.2) is 18.2 Å². The van der Waals surface area contributed by atoms with Crippen molar-refractivity contribution in [2.24, 2.45) is 0 Å². The van der Waals surface area contributed by atoms with E-state index >= 15 is 0 Å². The number of thiazole rings is 1. The van der Waals surface area contributed by atoms with E-state index in [-0.39, 0.29) is 24.2 Å². The van der Waals surface area contributed by atoms with Crippen molar-refractivity contribution >= 4 is 23.1 Å². The zero-order valence-corrected chi connectivity index (χ0v) is 15.2. The molecule has 2 aromatic carbocycles. The number of benzene rings is 2. The van der Waals surface area contributed by atoms with Crippen molar-refractivity contribution in [2.75, 3.05) is 0 Å². The minimum Gasteiger partial charge on any atom is -0.481 e. The Morgan fingerprint density at radius 3 is 2.39 bits per heavy atom. The number of ketones is 1. The van der Waals surface area contributed by atoms with E-state index in [1.807, 2.05) is 0 Å². The lowest BCUT2D eigenvalue weighted by atomic mass is 9.92. The van der Waals surface area contributed by atoms with Crippen LogP contribution >= 0.6 is 11.3 Å². The van der Waals surface area contributed by atoms with Gasteiger partial charge in [-0.1, -0.05) is 6.07 Å². The largest absolute Gasteiger partial charge is 0.481 e. The molecule has 0 saturated heterocycles. The van der Waals surface area contributed by atoms with Crippen molar-refractivity contribution in [1.82, 2.24) is 4.98 Å². The highest BCUT2D eigenvalue weighted by atomic mass is 32.1. The van der Waals surface area contributed by atoms with Crippen molar-refractivity contribution in [3.05, 3.63) is 76.6 Å². The fourth-order valence-corrected chi connectivity index (χ4v) is 3.52. The SMILES string of the molecule is O=C(Cc1csc(-c2ccc(F)cc2)n1)CC(C(=O)O)c1ccc(F)c(F)c1. The second-order valence-electron chi connectivity index (χ2n) is 6.13. The number of carboxylic acids is 1. The second kappa shape index (κ2) is 8.35. The number of Topliss-reactive ketones (excluding diaryl/α,β-unsaturated/α-hetero) is 1. The van der Waals surface area contributed by atoms with E-state index in [2.05, 4.69) is 4.98 Å². The van der Waals surface area contributed by atoms with Crippen molar-refractivity contribution in [2.45, 2.75) is 18.8 Å². The van der Waals surface area contributed by atoms with Gasteiger partial charge in [0.1, 0.15) is 16.6 Å². The predicted octanol–water partition coefficient (Wildman–Crippen LogP) is 4.60. The van der Waals surface area contributed by atoms with Crippen molar-refractivity contribution in [1.29, 1.82) is 0 Å². The summed E-state index contributed by atoms with van der Waals surface area (Å²) in [5, 5.41) is 11.6. The Bertz CT molecular complexity index is 1020. The molecule has 0 radical (unpaired) electrons. The summed E-state index contributed by atoms with van der Waals surface area (Å²) < 4.78 is 39.5. The highest BCUT2D eigenvalue weighted by Gasteiger charge is 2.25. The number of carbonyl (C=O) groups excluding carboxylic acids is 1. The van der Waals surface area contributed by atoms with Gasteiger partial charge < -0.3 is 5.11 Å². The standard InChI is InChI=1S/C20H14F3NO3S/c21-13-4-1-11(2-5-13)19-24-14(10-28-19)8-15(25)9-16(20(26)27)12-3-6-17(22)18(23)7-12/h1-7,10,16H,8-9H2,(H,26,27). The number of nitrogens with zero attached hydrogens (tertiary/aromatic N) is 1. The lowest BCUT2D eigenvalue weighted by Gasteiger charge is -2.12. The highest BCUT2D eigenvalue weighted by molar-refractivity contribution is 7.13. The Kier molecular flexibility index (Phi) is 5.89. The van der Waals surface area contributed by atoms with E-state index in [9.17, 15) is 27.9 Å².